The van der Waals surface area contributed by atoms with Crippen LogP contribution < -0.4 is 0 Å². The molecule has 0 radical (unpaired) electrons. The predicted octanol–water partition coefficient (Wildman–Crippen LogP) is 3.23. The van der Waals surface area contributed by atoms with Crippen molar-refractivity contribution in [3.63, 3.8) is 0 Å². The van der Waals surface area contributed by atoms with E-state index in [1.807, 2.05) is 0 Å². The van der Waals surface area contributed by atoms with Crippen LogP contribution in [0, 0.1) is 6.92 Å². The van der Waals surface area contributed by atoms with Gasteiger partial charge >= 0.3 is 0 Å². The number of aryl methyl sites for hydroxylation is 1. The number of benzene rings is 1. The lowest BCUT2D eigenvalue weighted by molar-refractivity contribution is 0.103. The highest BCUT2D eigenvalue weighted by Gasteiger charge is 2.31. The summed E-state index contributed by atoms with van der Waals surface area (Å²) in [6, 6.07) is 4.64. The highest BCUT2D eigenvalue weighted by molar-refractivity contribution is 7.90. The smallest absolute Gasteiger partial charge is 0.204 e. The summed E-state index contributed by atoms with van der Waals surface area (Å²) in [5.74, 6) is -0.394. The molecule has 3 rings (SSSR count). The SMILES string of the molecule is Cc1cc2c(cc1Cl)C(=O)c1sccc1CS2(=O)=O. The van der Waals surface area contributed by atoms with E-state index >= 15 is 0 Å². The summed E-state index contributed by atoms with van der Waals surface area (Å²) in [5.41, 5.74) is 1.40. The van der Waals surface area contributed by atoms with Gasteiger partial charge in [-0.1, -0.05) is 11.6 Å². The van der Waals surface area contributed by atoms with E-state index in [-0.39, 0.29) is 22.0 Å². The van der Waals surface area contributed by atoms with Gasteiger partial charge in [0.2, 0.25) is 5.78 Å². The number of sulfone groups is 1. The second-order valence-corrected chi connectivity index (χ2v) is 7.74. The molecule has 0 N–H and O–H groups in total. The summed E-state index contributed by atoms with van der Waals surface area (Å²) in [6.07, 6.45) is 0. The van der Waals surface area contributed by atoms with Gasteiger partial charge in [-0.15, -0.1) is 11.3 Å². The standard InChI is InChI=1S/C13H9ClO3S2/c1-7-4-11-9(5-10(7)14)12(15)13-8(2-3-18-13)6-19(11,16)17/h2-5H,6H2,1H3. The normalized spacial score (nSPS) is 16.6. The molecule has 6 heteroatoms. The number of fused-ring (bicyclic) bond motifs is 2. The molecular formula is C13H9ClO3S2. The van der Waals surface area contributed by atoms with Crippen LogP contribution in [0.4, 0.5) is 0 Å². The van der Waals surface area contributed by atoms with Gasteiger partial charge in [0.05, 0.1) is 15.5 Å². The van der Waals surface area contributed by atoms with Crippen LogP contribution in [0.2, 0.25) is 5.02 Å². The van der Waals surface area contributed by atoms with Gasteiger partial charge in [-0.2, -0.15) is 0 Å². The van der Waals surface area contributed by atoms with Crippen LogP contribution >= 0.6 is 22.9 Å². The summed E-state index contributed by atoms with van der Waals surface area (Å²) < 4.78 is 24.7. The molecule has 0 aliphatic carbocycles. The van der Waals surface area contributed by atoms with Crippen molar-refractivity contribution in [2.45, 2.75) is 17.6 Å². The fraction of sp³-hybridized carbons (Fsp3) is 0.154. The van der Waals surface area contributed by atoms with E-state index in [9.17, 15) is 13.2 Å². The third-order valence-electron chi connectivity index (χ3n) is 3.14. The largest absolute Gasteiger partial charge is 0.288 e. The van der Waals surface area contributed by atoms with Crippen molar-refractivity contribution in [2.24, 2.45) is 0 Å². The van der Waals surface area contributed by atoms with Crippen molar-refractivity contribution in [3.8, 4) is 0 Å². The van der Waals surface area contributed by atoms with Crippen molar-refractivity contribution >= 4 is 38.6 Å². The molecule has 1 aliphatic rings. The minimum absolute atomic E-state index is 0.0859. The Morgan fingerprint density at radius 2 is 2.05 bits per heavy atom. The summed E-state index contributed by atoms with van der Waals surface area (Å²) in [5, 5.41) is 2.14. The molecule has 0 amide bonds. The Balaban J connectivity index is 2.40. The third-order valence-corrected chi connectivity index (χ3v) is 6.20. The van der Waals surface area contributed by atoms with Crippen molar-refractivity contribution in [1.29, 1.82) is 0 Å². The monoisotopic (exact) mass is 312 g/mol. The number of thiophene rings is 1. The Hall–Kier alpha value is -1.17. The van der Waals surface area contributed by atoms with Crippen LogP contribution in [0.15, 0.2) is 28.5 Å². The quantitative estimate of drug-likeness (QED) is 0.750. The van der Waals surface area contributed by atoms with Crippen LogP contribution in [0.25, 0.3) is 0 Å². The molecule has 0 atom stereocenters. The highest BCUT2D eigenvalue weighted by Crippen LogP contribution is 2.34. The van der Waals surface area contributed by atoms with Crippen molar-refractivity contribution in [2.75, 3.05) is 0 Å². The van der Waals surface area contributed by atoms with Gasteiger partial charge in [0.1, 0.15) is 0 Å². The molecule has 0 saturated heterocycles. The zero-order valence-corrected chi connectivity index (χ0v) is 12.3. The molecule has 1 aromatic heterocycles. The number of hydrogen-bond donors (Lipinski definition) is 0. The van der Waals surface area contributed by atoms with Crippen molar-refractivity contribution in [1.82, 2.24) is 0 Å². The van der Waals surface area contributed by atoms with E-state index in [1.165, 1.54) is 23.5 Å². The van der Waals surface area contributed by atoms with E-state index in [2.05, 4.69) is 0 Å². The lowest BCUT2D eigenvalue weighted by atomic mass is 10.1. The number of ketones is 1. The summed E-state index contributed by atoms with van der Waals surface area (Å²) in [7, 11) is -3.51. The van der Waals surface area contributed by atoms with Gasteiger partial charge in [0.15, 0.2) is 9.84 Å². The molecule has 98 valence electrons. The van der Waals surface area contributed by atoms with Gasteiger partial charge in [0, 0.05) is 10.6 Å². The fourth-order valence-corrected chi connectivity index (χ4v) is 4.92. The molecule has 0 fully saturated rings. The van der Waals surface area contributed by atoms with Crippen LogP contribution in [-0.2, 0) is 15.6 Å². The average molecular weight is 313 g/mol. The fourth-order valence-electron chi connectivity index (χ4n) is 2.14. The van der Waals surface area contributed by atoms with E-state index in [0.717, 1.165) is 0 Å². The first-order chi connectivity index (χ1) is 8.90. The molecule has 0 spiro atoms. The summed E-state index contributed by atoms with van der Waals surface area (Å²) >= 11 is 7.28. The number of carbonyl (C=O) groups excluding carboxylic acids is 1. The Bertz CT molecular complexity index is 803. The van der Waals surface area contributed by atoms with Crippen LogP contribution in [-0.4, -0.2) is 14.2 Å². The van der Waals surface area contributed by atoms with Gasteiger partial charge in [0.25, 0.3) is 0 Å². The van der Waals surface area contributed by atoms with Crippen LogP contribution in [0.5, 0.6) is 0 Å². The maximum atomic E-state index is 12.4. The number of hydrogen-bond acceptors (Lipinski definition) is 4. The zero-order chi connectivity index (χ0) is 13.8. The van der Waals surface area contributed by atoms with Crippen LogP contribution in [0.1, 0.15) is 26.4 Å². The lowest BCUT2D eigenvalue weighted by Crippen LogP contribution is -2.07. The van der Waals surface area contributed by atoms with Gasteiger partial charge in [-0.3, -0.25) is 4.79 Å². The molecule has 0 unspecified atom stereocenters. The maximum absolute atomic E-state index is 12.4. The number of rotatable bonds is 0. The first-order valence-corrected chi connectivity index (χ1v) is 8.45. The number of halogens is 1. The maximum Gasteiger partial charge on any atom is 0.204 e. The Morgan fingerprint density at radius 1 is 1.32 bits per heavy atom. The first kappa shape index (κ1) is 12.8. The second-order valence-electron chi connectivity index (χ2n) is 4.46. The van der Waals surface area contributed by atoms with Gasteiger partial charge in [-0.25, -0.2) is 8.42 Å². The van der Waals surface area contributed by atoms with Gasteiger partial charge in [-0.05, 0) is 41.6 Å². The molecule has 2 aromatic rings. The Labute approximate surface area is 119 Å². The molecule has 2 heterocycles. The summed E-state index contributed by atoms with van der Waals surface area (Å²) in [4.78, 5) is 13.0. The van der Waals surface area contributed by atoms with Crippen molar-refractivity contribution in [3.05, 3.63) is 50.2 Å². The van der Waals surface area contributed by atoms with Gasteiger partial charge < -0.3 is 0 Å². The van der Waals surface area contributed by atoms with E-state index in [0.29, 0.717) is 21.0 Å². The van der Waals surface area contributed by atoms with E-state index < -0.39 is 9.84 Å². The Kier molecular flexibility index (Phi) is 2.81. The lowest BCUT2D eigenvalue weighted by Gasteiger charge is -2.08. The highest BCUT2D eigenvalue weighted by atomic mass is 35.5. The molecule has 1 aliphatic heterocycles. The molecular weight excluding hydrogens is 304 g/mol. The molecule has 0 bridgehead atoms. The topological polar surface area (TPSA) is 51.2 Å². The third kappa shape index (κ3) is 1.93. The van der Waals surface area contributed by atoms with E-state index in [4.69, 9.17) is 11.6 Å². The predicted molar refractivity (Wildman–Crippen MR) is 74.8 cm³/mol. The minimum atomic E-state index is -3.51. The zero-order valence-electron chi connectivity index (χ0n) is 9.94. The molecule has 1 aromatic carbocycles. The van der Waals surface area contributed by atoms with Crippen LogP contribution in [0.3, 0.4) is 0 Å². The molecule has 19 heavy (non-hydrogen) atoms. The Morgan fingerprint density at radius 3 is 2.79 bits per heavy atom. The minimum Gasteiger partial charge on any atom is -0.288 e. The van der Waals surface area contributed by atoms with Crippen molar-refractivity contribution < 1.29 is 13.2 Å². The molecule has 0 saturated carbocycles. The summed E-state index contributed by atoms with van der Waals surface area (Å²) in [6.45, 7) is 1.73. The second kappa shape index (κ2) is 4.16. The number of carbonyl (C=O) groups is 1. The average Bonchev–Trinajstić information content (AvgIpc) is 2.75. The molecule has 3 nitrogen and oxygen atoms in total. The van der Waals surface area contributed by atoms with E-state index in [1.54, 1.807) is 18.4 Å². The first-order valence-electron chi connectivity index (χ1n) is 5.54.